The van der Waals surface area contributed by atoms with E-state index in [0.717, 1.165) is 0 Å². The third-order valence-electron chi connectivity index (χ3n) is 1.07. The molecule has 1 rings (SSSR count). The van der Waals surface area contributed by atoms with Crippen molar-refractivity contribution < 1.29 is 9.85 Å². The van der Waals surface area contributed by atoms with Gasteiger partial charge >= 0.3 is 5.82 Å². The lowest BCUT2D eigenvalue weighted by Gasteiger charge is -1.98. The second-order valence-electron chi connectivity index (χ2n) is 1.78. The molecule has 0 fully saturated rings. The third-order valence-corrected chi connectivity index (χ3v) is 1.07. The van der Waals surface area contributed by atoms with Gasteiger partial charge in [0.25, 0.3) is 0 Å². The normalized spacial score (nSPS) is 9.67. The number of hydrogen-bond acceptors (Lipinski definition) is 6. The number of nitrogen functional groups attached to an aromatic ring is 1. The summed E-state index contributed by atoms with van der Waals surface area (Å²) in [5, 5.41) is 26.0. The number of rotatable bonds is 2. The van der Waals surface area contributed by atoms with Crippen molar-refractivity contribution >= 4 is 17.3 Å². The quantitative estimate of drug-likeness (QED) is 0.465. The zero-order valence-electron chi connectivity index (χ0n) is 5.50. The summed E-state index contributed by atoms with van der Waals surface area (Å²) in [6.07, 6.45) is 0. The molecule has 0 aromatic carbocycles. The van der Waals surface area contributed by atoms with Crippen molar-refractivity contribution in [1.82, 2.24) is 10.2 Å². The van der Waals surface area contributed by atoms with Crippen LogP contribution >= 0.6 is 0 Å². The Hall–Kier alpha value is -2.19. The van der Waals surface area contributed by atoms with Crippen LogP contribution in [-0.2, 0) is 0 Å². The monoisotopic (exact) mass is 172 g/mol. The number of anilines is 1. The molecule has 1 heterocycles. The molecule has 0 amide bonds. The highest BCUT2D eigenvalue weighted by Crippen LogP contribution is 2.25. The summed E-state index contributed by atoms with van der Waals surface area (Å²) in [5.41, 5.74) is 4.38. The Morgan fingerprint density at radius 2 is 1.92 bits per heavy atom. The highest BCUT2D eigenvalue weighted by molar-refractivity contribution is 5.64. The molecule has 12 heavy (non-hydrogen) atoms. The Kier molecular flexibility index (Phi) is 1.62. The van der Waals surface area contributed by atoms with Crippen LogP contribution in [0.25, 0.3) is 0 Å². The molecule has 0 spiro atoms. The first kappa shape index (κ1) is 7.91. The Balaban J connectivity index is 3.22. The van der Waals surface area contributed by atoms with E-state index in [4.69, 9.17) is 5.73 Å². The van der Waals surface area contributed by atoms with Crippen LogP contribution in [0.2, 0.25) is 0 Å². The molecule has 2 N–H and O–H groups in total. The highest BCUT2D eigenvalue weighted by Gasteiger charge is 2.22. The summed E-state index contributed by atoms with van der Waals surface area (Å²) < 4.78 is 0. The lowest BCUT2D eigenvalue weighted by molar-refractivity contribution is -0.392. The van der Waals surface area contributed by atoms with Gasteiger partial charge in [-0.1, -0.05) is 0 Å². The first-order chi connectivity index (χ1) is 5.54. The van der Waals surface area contributed by atoms with Crippen LogP contribution in [0.4, 0.5) is 17.3 Å². The van der Waals surface area contributed by atoms with Crippen molar-refractivity contribution in [3.8, 4) is 0 Å². The molecule has 1 aromatic rings. The number of aromatic nitrogens is 2. The molecule has 0 unspecified atom stereocenters. The molecule has 0 radical (unpaired) electrons. The predicted octanol–water partition coefficient (Wildman–Crippen LogP) is -0.563. The van der Waals surface area contributed by atoms with Gasteiger partial charge in [-0.3, -0.25) is 0 Å². The molecule has 0 aliphatic carbocycles. The summed E-state index contributed by atoms with van der Waals surface area (Å²) in [6.45, 7) is 0. The topological polar surface area (TPSA) is 139 Å². The standard InChI is InChI=1S/C3H2N5O4/c4-1-2(7(9)10)5-6-3(1)8(11)12/h4H2/q-1. The van der Waals surface area contributed by atoms with Crippen LogP contribution in [0.15, 0.2) is 0 Å². The van der Waals surface area contributed by atoms with Gasteiger partial charge in [-0.15, -0.1) is 0 Å². The Bertz CT molecular complexity index is 311. The molecule has 9 nitrogen and oxygen atoms in total. The molecule has 0 bridgehead atoms. The molecule has 0 saturated heterocycles. The summed E-state index contributed by atoms with van der Waals surface area (Å²) in [5.74, 6) is -1.58. The van der Waals surface area contributed by atoms with Crippen LogP contribution in [0.5, 0.6) is 0 Å². The van der Waals surface area contributed by atoms with Gasteiger partial charge in [0, 0.05) is 0 Å². The maximum absolute atomic E-state index is 10.1. The fraction of sp³-hybridized carbons (Fsp3) is 0. The van der Waals surface area contributed by atoms with Crippen molar-refractivity contribution in [3.63, 3.8) is 0 Å². The van der Waals surface area contributed by atoms with Crippen molar-refractivity contribution in [2.45, 2.75) is 0 Å². The van der Waals surface area contributed by atoms with Crippen molar-refractivity contribution in [2.24, 2.45) is 0 Å². The summed E-state index contributed by atoms with van der Waals surface area (Å²) in [6, 6.07) is 0. The van der Waals surface area contributed by atoms with E-state index < -0.39 is 27.2 Å². The van der Waals surface area contributed by atoms with Gasteiger partial charge in [-0.05, 0) is 10.0 Å². The molecule has 0 saturated carbocycles. The molecular formula is C3H2N5O4-. The molecule has 0 atom stereocenters. The fourth-order valence-corrected chi connectivity index (χ4v) is 0.572. The first-order valence-corrected chi connectivity index (χ1v) is 2.61. The van der Waals surface area contributed by atoms with Crippen molar-refractivity contribution in [3.05, 3.63) is 20.2 Å². The van der Waals surface area contributed by atoms with E-state index in [2.05, 4.69) is 10.2 Å². The second-order valence-corrected chi connectivity index (χ2v) is 1.78. The van der Waals surface area contributed by atoms with E-state index in [1.54, 1.807) is 0 Å². The maximum atomic E-state index is 10.1. The average molecular weight is 172 g/mol. The molecule has 9 heteroatoms. The fourth-order valence-electron chi connectivity index (χ4n) is 0.572. The Morgan fingerprint density at radius 1 is 1.33 bits per heavy atom. The largest absolute Gasteiger partial charge is 0.459 e. The van der Waals surface area contributed by atoms with Gasteiger partial charge in [-0.2, -0.15) is 4.92 Å². The Morgan fingerprint density at radius 3 is 2.17 bits per heavy atom. The van der Waals surface area contributed by atoms with E-state index in [1.165, 1.54) is 0 Å². The third kappa shape index (κ3) is 1.02. The van der Waals surface area contributed by atoms with Gasteiger partial charge in [0.2, 0.25) is 5.82 Å². The van der Waals surface area contributed by atoms with Crippen LogP contribution in [-0.4, -0.2) is 14.9 Å². The first-order valence-electron chi connectivity index (χ1n) is 2.61. The van der Waals surface area contributed by atoms with Gasteiger partial charge in [-0.25, -0.2) is 0 Å². The predicted molar refractivity (Wildman–Crippen MR) is 35.3 cm³/mol. The van der Waals surface area contributed by atoms with Crippen LogP contribution in [0.1, 0.15) is 0 Å². The summed E-state index contributed by atoms with van der Waals surface area (Å²) in [7, 11) is 0. The van der Waals surface area contributed by atoms with E-state index in [9.17, 15) is 20.2 Å². The van der Waals surface area contributed by atoms with Gasteiger partial charge in [0.1, 0.15) is 0 Å². The van der Waals surface area contributed by atoms with E-state index in [-0.39, 0.29) is 0 Å². The molecule has 1 aromatic heterocycles. The highest BCUT2D eigenvalue weighted by atomic mass is 16.6. The van der Waals surface area contributed by atoms with Crippen molar-refractivity contribution in [1.29, 1.82) is 0 Å². The van der Waals surface area contributed by atoms with Crippen LogP contribution < -0.4 is 10.8 Å². The van der Waals surface area contributed by atoms with Gasteiger partial charge < -0.3 is 26.0 Å². The van der Waals surface area contributed by atoms with E-state index >= 15 is 0 Å². The van der Waals surface area contributed by atoms with E-state index in [1.807, 2.05) is 0 Å². The molecule has 0 aliphatic heterocycles. The zero-order chi connectivity index (χ0) is 9.30. The number of nitrogens with zero attached hydrogens (tertiary/aromatic N) is 4. The SMILES string of the molecule is Nc1c([N+](=O)[O-])n[n-]c1[N+](=O)[O-]. The molecule has 0 aliphatic rings. The molecule has 64 valence electrons. The number of nitro groups is 2. The minimum atomic E-state index is -0.935. The summed E-state index contributed by atoms with van der Waals surface area (Å²) in [4.78, 5) is 18.2. The van der Waals surface area contributed by atoms with Crippen LogP contribution in [0, 0.1) is 20.2 Å². The lowest BCUT2D eigenvalue weighted by Crippen LogP contribution is -1.96. The van der Waals surface area contributed by atoms with Crippen LogP contribution in [0.3, 0.4) is 0 Å². The number of hydrogen-bond donors (Lipinski definition) is 1. The van der Waals surface area contributed by atoms with E-state index in [0.29, 0.717) is 0 Å². The second kappa shape index (κ2) is 2.45. The number of nitrogens with two attached hydrogens (primary N) is 1. The van der Waals surface area contributed by atoms with Gasteiger partial charge in [0.05, 0.1) is 5.10 Å². The lowest BCUT2D eigenvalue weighted by atomic mass is 10.5. The van der Waals surface area contributed by atoms with Crippen molar-refractivity contribution in [2.75, 3.05) is 5.73 Å². The maximum Gasteiger partial charge on any atom is 0.417 e. The summed E-state index contributed by atoms with van der Waals surface area (Å²) >= 11 is 0. The zero-order valence-corrected chi connectivity index (χ0v) is 5.50. The van der Waals surface area contributed by atoms with Gasteiger partial charge in [0.15, 0.2) is 5.69 Å². The smallest absolute Gasteiger partial charge is 0.417 e. The minimum absolute atomic E-state index is 0.620. The minimum Gasteiger partial charge on any atom is -0.459 e. The Labute approximate surface area is 64.5 Å². The average Bonchev–Trinajstić information content (AvgIpc) is 2.30. The molecular weight excluding hydrogens is 170 g/mol.